The minimum atomic E-state index is -1.08. The number of esters is 1. The zero-order valence-electron chi connectivity index (χ0n) is 29.5. The third-order valence-electron chi connectivity index (χ3n) is 13.0. The fraction of sp³-hybridized carbons (Fsp3) is 0.725. The number of carboxylic acids is 1. The molecule has 0 heterocycles. The molecular formula is C40H59NO6. The number of rotatable bonds is 13. The van der Waals surface area contributed by atoms with Crippen LogP contribution in [0, 0.1) is 46.3 Å². The van der Waals surface area contributed by atoms with E-state index in [4.69, 9.17) is 9.47 Å². The topological polar surface area (TPSA) is 102 Å². The first-order valence-electron chi connectivity index (χ1n) is 18.5. The molecular weight excluding hydrogens is 590 g/mol. The molecule has 2 N–H and O–H groups in total. The van der Waals surface area contributed by atoms with Gasteiger partial charge in [0.25, 0.3) is 0 Å². The van der Waals surface area contributed by atoms with Crippen molar-refractivity contribution >= 4 is 18.0 Å². The first kappa shape index (κ1) is 35.5. The molecule has 0 spiro atoms. The molecule has 9 atom stereocenters. The number of ether oxygens (including phenoxy) is 2. The normalized spacial score (nSPS) is 32.6. The number of nitrogens with one attached hydrogen (secondary N) is 1. The van der Waals surface area contributed by atoms with E-state index in [0.29, 0.717) is 17.8 Å². The summed E-state index contributed by atoms with van der Waals surface area (Å²) < 4.78 is 11.3. The van der Waals surface area contributed by atoms with Crippen LogP contribution in [0.4, 0.5) is 4.79 Å². The van der Waals surface area contributed by atoms with Gasteiger partial charge < -0.3 is 19.9 Å². The molecule has 3 fully saturated rings. The van der Waals surface area contributed by atoms with Gasteiger partial charge in [0.15, 0.2) is 0 Å². The quantitative estimate of drug-likeness (QED) is 0.163. The molecule has 1 amide bonds. The molecule has 0 bridgehead atoms. The third-order valence-corrected chi connectivity index (χ3v) is 13.0. The minimum absolute atomic E-state index is 0.0526. The van der Waals surface area contributed by atoms with Crippen molar-refractivity contribution in [1.29, 1.82) is 0 Å². The van der Waals surface area contributed by atoms with E-state index in [9.17, 15) is 19.5 Å². The first-order valence-corrected chi connectivity index (χ1v) is 18.5. The lowest BCUT2D eigenvalue weighted by Crippen LogP contribution is -2.51. The van der Waals surface area contributed by atoms with E-state index < -0.39 is 24.1 Å². The first-order chi connectivity index (χ1) is 22.4. The lowest BCUT2D eigenvalue weighted by molar-refractivity contribution is -0.154. The maximum atomic E-state index is 13.3. The third kappa shape index (κ3) is 8.08. The van der Waals surface area contributed by atoms with Crippen LogP contribution in [-0.2, 0) is 25.7 Å². The molecule has 0 aliphatic heterocycles. The van der Waals surface area contributed by atoms with Crippen LogP contribution in [-0.4, -0.2) is 35.3 Å². The van der Waals surface area contributed by atoms with Crippen LogP contribution in [0.2, 0.25) is 0 Å². The number of hydrogen-bond acceptors (Lipinski definition) is 5. The molecule has 1 aromatic rings. The number of carbonyl (C=O) groups is 3. The van der Waals surface area contributed by atoms with E-state index in [-0.39, 0.29) is 31.0 Å². The van der Waals surface area contributed by atoms with Gasteiger partial charge in [-0.3, -0.25) is 4.79 Å². The van der Waals surface area contributed by atoms with E-state index in [0.717, 1.165) is 54.4 Å². The van der Waals surface area contributed by atoms with Crippen molar-refractivity contribution < 1.29 is 29.0 Å². The Bertz CT molecular complexity index is 1280. The predicted octanol–water partition coefficient (Wildman–Crippen LogP) is 9.10. The number of benzene rings is 1. The number of carboxylic acid groups (broad SMARTS) is 1. The Morgan fingerprint density at radius 2 is 1.72 bits per heavy atom. The van der Waals surface area contributed by atoms with Crippen LogP contribution < -0.4 is 5.32 Å². The number of allylic oxidation sites excluding steroid dienone is 1. The predicted molar refractivity (Wildman–Crippen MR) is 183 cm³/mol. The number of hydrogen-bond donors (Lipinski definition) is 2. The Labute approximate surface area is 282 Å². The average molecular weight is 650 g/mol. The summed E-state index contributed by atoms with van der Waals surface area (Å²) in [5.74, 6) is 3.02. The Morgan fingerprint density at radius 3 is 2.45 bits per heavy atom. The van der Waals surface area contributed by atoms with Crippen molar-refractivity contribution in [3.63, 3.8) is 0 Å². The van der Waals surface area contributed by atoms with Crippen molar-refractivity contribution in [2.75, 3.05) is 0 Å². The van der Waals surface area contributed by atoms with Crippen LogP contribution in [0.1, 0.15) is 124 Å². The summed E-state index contributed by atoms with van der Waals surface area (Å²) in [7, 11) is 0. The maximum Gasteiger partial charge on any atom is 0.408 e. The van der Waals surface area contributed by atoms with Gasteiger partial charge >= 0.3 is 18.0 Å². The molecule has 0 aromatic heterocycles. The Hall–Kier alpha value is -2.83. The summed E-state index contributed by atoms with van der Waals surface area (Å²) in [4.78, 5) is 37.2. The summed E-state index contributed by atoms with van der Waals surface area (Å²) in [6, 6.07) is 8.19. The SMILES string of the molecule is CC(C)CCC[C@@H](C)[C@H]1CC[C@H]2[C@@H]3CC=C4C[C@@H](OC(=O)[C@H](CCC(=O)O)NC(=O)OCc5ccccc5)CC[C@]4(C)[C@H]3CC[C@]12C. The average Bonchev–Trinajstić information content (AvgIpc) is 3.39. The van der Waals surface area contributed by atoms with Gasteiger partial charge in [-0.2, -0.15) is 0 Å². The van der Waals surface area contributed by atoms with E-state index in [2.05, 4.69) is 46.0 Å². The molecule has 3 saturated carbocycles. The van der Waals surface area contributed by atoms with Crippen LogP contribution in [0.15, 0.2) is 42.0 Å². The Kier molecular flexibility index (Phi) is 11.4. The van der Waals surface area contributed by atoms with Gasteiger partial charge in [-0.25, -0.2) is 9.59 Å². The smallest absolute Gasteiger partial charge is 0.408 e. The Morgan fingerprint density at radius 1 is 0.957 bits per heavy atom. The second-order valence-electron chi connectivity index (χ2n) is 16.3. The standard InChI is InChI=1S/C40H59NO6/c1-26(2)10-9-11-27(3)32-16-17-33-31-15-14-29-24-30(20-22-39(29,4)34(31)21-23-40(32,33)5)47-37(44)35(18-19-36(42)43)41-38(45)46-25-28-12-7-6-8-13-28/h6-8,12-14,26-27,30-35H,9-11,15-25H2,1-5H3,(H,41,45)(H,42,43)/t27-,30+,31+,32-,33+,34+,35+,39+,40-/m1/s1. The molecule has 47 heavy (non-hydrogen) atoms. The van der Waals surface area contributed by atoms with Crippen LogP contribution in [0.3, 0.4) is 0 Å². The summed E-state index contributed by atoms with van der Waals surface area (Å²) in [6.45, 7) is 12.4. The highest BCUT2D eigenvalue weighted by Crippen LogP contribution is 2.67. The van der Waals surface area contributed by atoms with Gasteiger partial charge in [-0.15, -0.1) is 0 Å². The van der Waals surface area contributed by atoms with Gasteiger partial charge in [-0.05, 0) is 103 Å². The highest BCUT2D eigenvalue weighted by Gasteiger charge is 2.59. The molecule has 0 saturated heterocycles. The highest BCUT2D eigenvalue weighted by molar-refractivity contribution is 5.82. The number of alkyl carbamates (subject to hydrolysis) is 1. The van der Waals surface area contributed by atoms with E-state index in [1.165, 1.54) is 50.5 Å². The molecule has 0 radical (unpaired) electrons. The fourth-order valence-corrected chi connectivity index (χ4v) is 10.4. The monoisotopic (exact) mass is 649 g/mol. The zero-order chi connectivity index (χ0) is 33.8. The summed E-state index contributed by atoms with van der Waals surface area (Å²) in [6.07, 6.45) is 14.2. The second-order valence-corrected chi connectivity index (χ2v) is 16.3. The van der Waals surface area contributed by atoms with Gasteiger partial charge in [0.2, 0.25) is 0 Å². The number of aliphatic carboxylic acids is 1. The van der Waals surface area contributed by atoms with Crippen molar-refractivity contribution in [3.05, 3.63) is 47.5 Å². The van der Waals surface area contributed by atoms with Crippen LogP contribution in [0.25, 0.3) is 0 Å². The highest BCUT2D eigenvalue weighted by atomic mass is 16.6. The van der Waals surface area contributed by atoms with Crippen LogP contribution >= 0.6 is 0 Å². The van der Waals surface area contributed by atoms with Crippen molar-refractivity contribution in [2.45, 2.75) is 137 Å². The molecule has 4 aliphatic rings. The Balaban J connectivity index is 1.19. The molecule has 260 valence electrons. The maximum absolute atomic E-state index is 13.3. The van der Waals surface area contributed by atoms with Crippen molar-refractivity contribution in [3.8, 4) is 0 Å². The number of fused-ring (bicyclic) bond motifs is 5. The summed E-state index contributed by atoms with van der Waals surface area (Å²) in [5.41, 5.74) is 2.84. The van der Waals surface area contributed by atoms with Crippen LogP contribution in [0.5, 0.6) is 0 Å². The number of carbonyl (C=O) groups excluding carboxylic acids is 2. The second kappa shape index (κ2) is 15.2. The van der Waals surface area contributed by atoms with Gasteiger partial charge in [0.1, 0.15) is 18.8 Å². The minimum Gasteiger partial charge on any atom is -0.481 e. The molecule has 7 heteroatoms. The molecule has 7 nitrogen and oxygen atoms in total. The zero-order valence-corrected chi connectivity index (χ0v) is 29.5. The van der Waals surface area contributed by atoms with E-state index in [1.807, 2.05) is 30.3 Å². The van der Waals surface area contributed by atoms with Crippen molar-refractivity contribution in [1.82, 2.24) is 5.32 Å². The largest absolute Gasteiger partial charge is 0.481 e. The van der Waals surface area contributed by atoms with E-state index in [1.54, 1.807) is 0 Å². The lowest BCUT2D eigenvalue weighted by atomic mass is 9.47. The number of amides is 1. The van der Waals surface area contributed by atoms with Gasteiger partial charge in [0, 0.05) is 12.8 Å². The van der Waals surface area contributed by atoms with Crippen molar-refractivity contribution in [2.24, 2.45) is 46.3 Å². The summed E-state index contributed by atoms with van der Waals surface area (Å²) >= 11 is 0. The van der Waals surface area contributed by atoms with Gasteiger partial charge in [0.05, 0.1) is 0 Å². The van der Waals surface area contributed by atoms with E-state index >= 15 is 0 Å². The molecule has 4 aliphatic carbocycles. The fourth-order valence-electron chi connectivity index (χ4n) is 10.4. The molecule has 1 aromatic carbocycles. The summed E-state index contributed by atoms with van der Waals surface area (Å²) in [5, 5.41) is 11.8. The molecule has 0 unspecified atom stereocenters. The molecule has 5 rings (SSSR count). The van der Waals surface area contributed by atoms with Gasteiger partial charge in [-0.1, -0.05) is 95.9 Å². The lowest BCUT2D eigenvalue weighted by Gasteiger charge is -2.58.